The number of fused-ring (bicyclic) bond motifs is 1. The number of ketones is 1. The zero-order valence-electron chi connectivity index (χ0n) is 16.4. The maximum atomic E-state index is 13.2. The summed E-state index contributed by atoms with van der Waals surface area (Å²) in [5.74, 6) is 1.22. The van der Waals surface area contributed by atoms with Gasteiger partial charge in [0, 0.05) is 28.2 Å². The lowest BCUT2D eigenvalue weighted by molar-refractivity contribution is 0.0930. The Hall–Kier alpha value is -3.41. The fraction of sp³-hybridized carbons (Fsp3) is 0.227. The zero-order valence-corrected chi connectivity index (χ0v) is 16.4. The molecule has 0 aliphatic rings. The van der Waals surface area contributed by atoms with E-state index in [1.165, 1.54) is 21.3 Å². The van der Waals surface area contributed by atoms with E-state index >= 15 is 0 Å². The summed E-state index contributed by atoms with van der Waals surface area (Å²) in [5.41, 5.74) is 2.25. The summed E-state index contributed by atoms with van der Waals surface area (Å²) >= 11 is 0. The third-order valence-corrected chi connectivity index (χ3v) is 4.36. The summed E-state index contributed by atoms with van der Waals surface area (Å²) in [7, 11) is 4.54. The van der Waals surface area contributed by atoms with Gasteiger partial charge in [0.2, 0.25) is 11.5 Å². The number of hydrogen-bond donors (Lipinski definition) is 1. The number of aromatic amines is 1. The number of carbonyl (C=O) groups excluding carboxylic acids is 1. The molecule has 0 unspecified atom stereocenters. The molecule has 28 heavy (non-hydrogen) atoms. The van der Waals surface area contributed by atoms with Gasteiger partial charge in [-0.15, -0.1) is 0 Å². The molecule has 146 valence electrons. The van der Waals surface area contributed by atoms with Crippen LogP contribution in [0.15, 0.2) is 48.4 Å². The molecule has 0 bridgehead atoms. The number of ether oxygens (including phenoxy) is 4. The van der Waals surface area contributed by atoms with Gasteiger partial charge < -0.3 is 23.9 Å². The number of nitrogens with one attached hydrogen (secondary N) is 1. The largest absolute Gasteiger partial charge is 0.493 e. The molecule has 0 amide bonds. The number of benzene rings is 2. The number of Topliss-reactive ketones (excluding diaryl/α,β-unsaturated/α-hetero) is 1. The second-order valence-corrected chi connectivity index (χ2v) is 5.97. The molecule has 0 spiro atoms. The number of para-hydroxylation sites is 1. The van der Waals surface area contributed by atoms with Gasteiger partial charge in [-0.3, -0.25) is 4.79 Å². The molecule has 0 saturated heterocycles. The minimum atomic E-state index is -0.272. The van der Waals surface area contributed by atoms with Gasteiger partial charge in [0.05, 0.1) is 27.9 Å². The molecule has 6 nitrogen and oxygen atoms in total. The van der Waals surface area contributed by atoms with Crippen molar-refractivity contribution in [2.45, 2.75) is 6.92 Å². The Morgan fingerprint density at radius 1 is 1.04 bits per heavy atom. The van der Waals surface area contributed by atoms with Crippen LogP contribution in [0.2, 0.25) is 0 Å². The van der Waals surface area contributed by atoms with Crippen LogP contribution in [0.1, 0.15) is 22.8 Å². The molecule has 0 aliphatic heterocycles. The van der Waals surface area contributed by atoms with Crippen molar-refractivity contribution in [1.82, 2.24) is 4.98 Å². The maximum absolute atomic E-state index is 13.2. The molecule has 2 aromatic carbocycles. The fourth-order valence-corrected chi connectivity index (χ4v) is 3.04. The highest BCUT2D eigenvalue weighted by atomic mass is 16.5. The van der Waals surface area contributed by atoms with E-state index in [1.54, 1.807) is 18.2 Å². The van der Waals surface area contributed by atoms with E-state index < -0.39 is 0 Å². The molecule has 1 N–H and O–H groups in total. The normalized spacial score (nSPS) is 11.4. The Balaban J connectivity index is 2.06. The highest BCUT2D eigenvalue weighted by Gasteiger charge is 2.21. The summed E-state index contributed by atoms with van der Waals surface area (Å²) in [6, 6.07) is 11.1. The number of aromatic nitrogens is 1. The van der Waals surface area contributed by atoms with Crippen LogP contribution in [-0.4, -0.2) is 38.7 Å². The van der Waals surface area contributed by atoms with E-state index in [2.05, 4.69) is 4.98 Å². The van der Waals surface area contributed by atoms with E-state index in [1.807, 2.05) is 37.4 Å². The third kappa shape index (κ3) is 3.67. The van der Waals surface area contributed by atoms with Crippen molar-refractivity contribution in [2.75, 3.05) is 27.9 Å². The van der Waals surface area contributed by atoms with E-state index in [9.17, 15) is 4.79 Å². The van der Waals surface area contributed by atoms with Crippen LogP contribution >= 0.6 is 0 Å². The second-order valence-electron chi connectivity index (χ2n) is 5.97. The van der Waals surface area contributed by atoms with Crippen LogP contribution in [0.25, 0.3) is 17.0 Å². The van der Waals surface area contributed by atoms with Gasteiger partial charge in [0.1, 0.15) is 0 Å². The molecule has 0 radical (unpaired) electrons. The molecule has 0 aliphatic carbocycles. The number of rotatable bonds is 8. The lowest BCUT2D eigenvalue weighted by atomic mass is 10.1. The Morgan fingerprint density at radius 3 is 2.32 bits per heavy atom. The van der Waals surface area contributed by atoms with Crippen molar-refractivity contribution in [1.29, 1.82) is 0 Å². The molecular formula is C22H23NO5. The SMILES string of the molecule is CCO/C(=C/c1c[nH]c2ccccc12)C(=O)c1cc(OC)c(OC)c(OC)c1. The van der Waals surface area contributed by atoms with E-state index in [-0.39, 0.29) is 11.5 Å². The highest BCUT2D eigenvalue weighted by Crippen LogP contribution is 2.39. The molecule has 1 heterocycles. The van der Waals surface area contributed by atoms with Crippen molar-refractivity contribution >= 4 is 22.8 Å². The van der Waals surface area contributed by atoms with Crippen molar-refractivity contribution in [2.24, 2.45) is 0 Å². The Labute approximate surface area is 163 Å². The van der Waals surface area contributed by atoms with Crippen LogP contribution in [0.3, 0.4) is 0 Å². The number of carbonyl (C=O) groups is 1. The molecule has 6 heteroatoms. The Kier molecular flexibility index (Phi) is 5.89. The molecule has 3 aromatic rings. The first kappa shape index (κ1) is 19.4. The smallest absolute Gasteiger partial charge is 0.227 e. The Bertz CT molecular complexity index is 994. The number of H-pyrrole nitrogens is 1. The minimum absolute atomic E-state index is 0.238. The summed E-state index contributed by atoms with van der Waals surface area (Å²) < 4.78 is 21.7. The first-order valence-corrected chi connectivity index (χ1v) is 8.88. The van der Waals surface area contributed by atoms with Crippen LogP contribution < -0.4 is 14.2 Å². The zero-order chi connectivity index (χ0) is 20.1. The number of methoxy groups -OCH3 is 3. The summed E-state index contributed by atoms with van der Waals surface area (Å²) in [5, 5.41) is 1.01. The predicted molar refractivity (Wildman–Crippen MR) is 108 cm³/mol. The van der Waals surface area contributed by atoms with Crippen molar-refractivity contribution < 1.29 is 23.7 Å². The van der Waals surface area contributed by atoms with E-state index in [0.29, 0.717) is 29.4 Å². The first-order chi connectivity index (χ1) is 13.6. The fourth-order valence-electron chi connectivity index (χ4n) is 3.04. The van der Waals surface area contributed by atoms with Gasteiger partial charge in [-0.1, -0.05) is 18.2 Å². The second kappa shape index (κ2) is 8.52. The van der Waals surface area contributed by atoms with Crippen LogP contribution in [-0.2, 0) is 4.74 Å². The standard InChI is InChI=1S/C22H23NO5/c1-5-28-18(12-15-13-23-17-9-7-6-8-16(15)17)21(24)14-10-19(25-2)22(27-4)20(11-14)26-3/h6-13,23H,5H2,1-4H3/b18-12+. The molecule has 3 rings (SSSR count). The van der Waals surface area contributed by atoms with Crippen LogP contribution in [0.4, 0.5) is 0 Å². The summed E-state index contributed by atoms with van der Waals surface area (Å²) in [6.45, 7) is 2.20. The summed E-state index contributed by atoms with van der Waals surface area (Å²) in [4.78, 5) is 16.4. The average Bonchev–Trinajstić information content (AvgIpc) is 3.14. The summed E-state index contributed by atoms with van der Waals surface area (Å²) in [6.07, 6.45) is 3.60. The molecule has 0 saturated carbocycles. The average molecular weight is 381 g/mol. The number of hydrogen-bond acceptors (Lipinski definition) is 5. The third-order valence-electron chi connectivity index (χ3n) is 4.36. The molecule has 0 fully saturated rings. The van der Waals surface area contributed by atoms with Gasteiger partial charge in [0.25, 0.3) is 0 Å². The van der Waals surface area contributed by atoms with Gasteiger partial charge in [0.15, 0.2) is 17.3 Å². The van der Waals surface area contributed by atoms with Gasteiger partial charge in [-0.2, -0.15) is 0 Å². The highest BCUT2D eigenvalue weighted by molar-refractivity contribution is 6.11. The quantitative estimate of drug-likeness (QED) is 0.355. The topological polar surface area (TPSA) is 69.8 Å². The minimum Gasteiger partial charge on any atom is -0.493 e. The van der Waals surface area contributed by atoms with Gasteiger partial charge >= 0.3 is 0 Å². The van der Waals surface area contributed by atoms with Crippen LogP contribution in [0, 0.1) is 0 Å². The van der Waals surface area contributed by atoms with Crippen molar-refractivity contribution in [3.63, 3.8) is 0 Å². The van der Waals surface area contributed by atoms with E-state index in [0.717, 1.165) is 16.5 Å². The molecule has 0 atom stereocenters. The monoisotopic (exact) mass is 381 g/mol. The van der Waals surface area contributed by atoms with Gasteiger partial charge in [-0.05, 0) is 31.2 Å². The molecule has 1 aromatic heterocycles. The van der Waals surface area contributed by atoms with Crippen molar-refractivity contribution in [3.8, 4) is 17.2 Å². The Morgan fingerprint density at radius 2 is 1.71 bits per heavy atom. The maximum Gasteiger partial charge on any atom is 0.227 e. The first-order valence-electron chi connectivity index (χ1n) is 8.88. The van der Waals surface area contributed by atoms with Crippen LogP contribution in [0.5, 0.6) is 17.2 Å². The van der Waals surface area contributed by atoms with E-state index in [4.69, 9.17) is 18.9 Å². The van der Waals surface area contributed by atoms with Crippen molar-refractivity contribution in [3.05, 3.63) is 59.5 Å². The number of allylic oxidation sites excluding steroid dienone is 1. The van der Waals surface area contributed by atoms with Gasteiger partial charge in [-0.25, -0.2) is 0 Å². The predicted octanol–water partition coefficient (Wildman–Crippen LogP) is 4.45. The lowest BCUT2D eigenvalue weighted by Crippen LogP contribution is -2.08. The molecular weight excluding hydrogens is 358 g/mol. The lowest BCUT2D eigenvalue weighted by Gasteiger charge is -2.14.